The molecule has 100 valence electrons. The van der Waals surface area contributed by atoms with Crippen LogP contribution < -0.4 is 11.3 Å². The highest BCUT2D eigenvalue weighted by Crippen LogP contribution is 2.22. The molecule has 19 heavy (non-hydrogen) atoms. The van der Waals surface area contributed by atoms with Gasteiger partial charge in [-0.25, -0.2) is 19.9 Å². The molecular formula is C11H12FN5OS. The molecule has 0 spiro atoms. The van der Waals surface area contributed by atoms with Gasteiger partial charge in [-0.1, -0.05) is 11.8 Å². The molecule has 1 aromatic carbocycles. The number of rotatable bonds is 4. The maximum Gasteiger partial charge on any atom is 0.265 e. The first-order chi connectivity index (χ1) is 9.11. The Bertz CT molecular complexity index is 601. The van der Waals surface area contributed by atoms with Gasteiger partial charge in [0, 0.05) is 18.4 Å². The van der Waals surface area contributed by atoms with Crippen LogP contribution in [-0.4, -0.2) is 20.7 Å². The molecular weight excluding hydrogens is 269 g/mol. The average Bonchev–Trinajstić information content (AvgIpc) is 2.82. The van der Waals surface area contributed by atoms with Gasteiger partial charge in [0.2, 0.25) is 0 Å². The molecule has 3 N–H and O–H groups in total. The van der Waals surface area contributed by atoms with Crippen molar-refractivity contribution in [2.45, 2.75) is 10.9 Å². The summed E-state index contributed by atoms with van der Waals surface area (Å²) in [6.45, 7) is 0. The number of nitrogens with two attached hydrogens (primary N) is 1. The van der Waals surface area contributed by atoms with E-state index in [0.717, 1.165) is 0 Å². The molecule has 2 aromatic rings. The average molecular weight is 281 g/mol. The van der Waals surface area contributed by atoms with E-state index < -0.39 is 5.91 Å². The van der Waals surface area contributed by atoms with E-state index >= 15 is 0 Å². The summed E-state index contributed by atoms with van der Waals surface area (Å²) in [5, 5.41) is 4.59. The fourth-order valence-electron chi connectivity index (χ4n) is 1.47. The Labute approximate surface area is 113 Å². The van der Waals surface area contributed by atoms with Gasteiger partial charge in [-0.2, -0.15) is 5.10 Å². The molecule has 1 amide bonds. The molecule has 0 aliphatic heterocycles. The zero-order chi connectivity index (χ0) is 13.8. The lowest BCUT2D eigenvalue weighted by molar-refractivity contribution is 0.0953. The van der Waals surface area contributed by atoms with Crippen molar-refractivity contribution in [1.82, 2.24) is 20.2 Å². The molecule has 0 unspecified atom stereocenters. The van der Waals surface area contributed by atoms with Gasteiger partial charge in [0.05, 0.1) is 0 Å². The number of amides is 1. The van der Waals surface area contributed by atoms with Crippen LogP contribution in [0.4, 0.5) is 4.39 Å². The first-order valence-corrected chi connectivity index (χ1v) is 6.36. The Balaban J connectivity index is 2.15. The molecule has 0 aliphatic rings. The summed E-state index contributed by atoms with van der Waals surface area (Å²) in [5.74, 6) is 4.57. The smallest absolute Gasteiger partial charge is 0.265 e. The molecule has 0 saturated carbocycles. The lowest BCUT2D eigenvalue weighted by atomic mass is 10.1. The Kier molecular flexibility index (Phi) is 4.13. The van der Waals surface area contributed by atoms with E-state index in [1.165, 1.54) is 36.3 Å². The van der Waals surface area contributed by atoms with Crippen molar-refractivity contribution in [1.29, 1.82) is 0 Å². The Morgan fingerprint density at radius 3 is 3.00 bits per heavy atom. The number of carbonyl (C=O) groups is 1. The number of halogens is 1. The number of benzene rings is 1. The summed E-state index contributed by atoms with van der Waals surface area (Å²) in [7, 11) is 1.75. The number of hydrogen-bond acceptors (Lipinski definition) is 5. The number of aromatic nitrogens is 3. The number of thioether (sulfide) groups is 1. The second-order valence-electron chi connectivity index (χ2n) is 3.73. The fraction of sp³-hybridized carbons (Fsp3) is 0.182. The highest BCUT2D eigenvalue weighted by Gasteiger charge is 2.10. The van der Waals surface area contributed by atoms with E-state index in [4.69, 9.17) is 5.84 Å². The van der Waals surface area contributed by atoms with Gasteiger partial charge >= 0.3 is 0 Å². The van der Waals surface area contributed by atoms with Crippen LogP contribution in [0.25, 0.3) is 0 Å². The van der Waals surface area contributed by atoms with Crippen molar-refractivity contribution in [2.24, 2.45) is 12.9 Å². The van der Waals surface area contributed by atoms with Crippen LogP contribution in [0.15, 0.2) is 29.7 Å². The van der Waals surface area contributed by atoms with E-state index in [0.29, 0.717) is 22.0 Å². The molecule has 0 fully saturated rings. The fourth-order valence-corrected chi connectivity index (χ4v) is 2.33. The van der Waals surface area contributed by atoms with Crippen LogP contribution >= 0.6 is 11.8 Å². The lowest BCUT2D eigenvalue weighted by Crippen LogP contribution is -2.30. The lowest BCUT2D eigenvalue weighted by Gasteiger charge is -2.05. The third-order valence-corrected chi connectivity index (χ3v) is 3.55. The van der Waals surface area contributed by atoms with Crippen molar-refractivity contribution in [3.8, 4) is 0 Å². The van der Waals surface area contributed by atoms with Crippen molar-refractivity contribution in [3.63, 3.8) is 0 Å². The number of hydrogen-bond donors (Lipinski definition) is 2. The van der Waals surface area contributed by atoms with Gasteiger partial charge in [-0.05, 0) is 23.8 Å². The van der Waals surface area contributed by atoms with Gasteiger partial charge in [0.15, 0.2) is 5.16 Å². The van der Waals surface area contributed by atoms with Crippen LogP contribution in [0.2, 0.25) is 0 Å². The van der Waals surface area contributed by atoms with Crippen LogP contribution in [0.5, 0.6) is 0 Å². The molecule has 0 atom stereocenters. The summed E-state index contributed by atoms with van der Waals surface area (Å²) in [6.07, 6.45) is 1.43. The summed E-state index contributed by atoms with van der Waals surface area (Å²) in [5.41, 5.74) is 2.74. The highest BCUT2D eigenvalue weighted by molar-refractivity contribution is 7.98. The van der Waals surface area contributed by atoms with Crippen molar-refractivity contribution < 1.29 is 9.18 Å². The quantitative estimate of drug-likeness (QED) is 0.375. The Morgan fingerprint density at radius 2 is 2.37 bits per heavy atom. The monoisotopic (exact) mass is 281 g/mol. The zero-order valence-corrected chi connectivity index (χ0v) is 10.9. The van der Waals surface area contributed by atoms with Crippen LogP contribution in [-0.2, 0) is 12.8 Å². The SMILES string of the molecule is Cn1ncnc1SCc1cc(C(=O)NN)ccc1F. The third kappa shape index (κ3) is 3.09. The number of nitrogen functional groups attached to an aromatic ring is 1. The summed E-state index contributed by atoms with van der Waals surface area (Å²) < 4.78 is 15.2. The summed E-state index contributed by atoms with van der Waals surface area (Å²) in [4.78, 5) is 15.4. The van der Waals surface area contributed by atoms with E-state index in [-0.39, 0.29) is 5.82 Å². The van der Waals surface area contributed by atoms with Gasteiger partial charge in [-0.3, -0.25) is 10.2 Å². The molecule has 0 aliphatic carbocycles. The maximum atomic E-state index is 13.6. The van der Waals surface area contributed by atoms with Gasteiger partial charge in [0.25, 0.3) is 5.91 Å². The first kappa shape index (κ1) is 13.5. The number of aryl methyl sites for hydroxylation is 1. The first-order valence-electron chi connectivity index (χ1n) is 5.38. The Hall–Kier alpha value is -1.93. The summed E-state index contributed by atoms with van der Waals surface area (Å²) >= 11 is 1.34. The second kappa shape index (κ2) is 5.81. The molecule has 0 bridgehead atoms. The predicted octanol–water partition coefficient (Wildman–Crippen LogP) is 0.850. The molecule has 0 saturated heterocycles. The van der Waals surface area contributed by atoms with Crippen molar-refractivity contribution in [3.05, 3.63) is 41.5 Å². The molecule has 2 rings (SSSR count). The molecule has 0 radical (unpaired) electrons. The van der Waals surface area contributed by atoms with Crippen LogP contribution in [0.3, 0.4) is 0 Å². The van der Waals surface area contributed by atoms with E-state index in [2.05, 4.69) is 10.1 Å². The van der Waals surface area contributed by atoms with E-state index in [1.807, 2.05) is 5.43 Å². The van der Waals surface area contributed by atoms with Gasteiger partial charge in [-0.15, -0.1) is 0 Å². The molecule has 8 heteroatoms. The van der Waals surface area contributed by atoms with Crippen molar-refractivity contribution >= 4 is 17.7 Å². The Morgan fingerprint density at radius 1 is 1.58 bits per heavy atom. The van der Waals surface area contributed by atoms with Crippen molar-refractivity contribution in [2.75, 3.05) is 0 Å². The normalized spacial score (nSPS) is 10.5. The number of carbonyl (C=O) groups excluding carboxylic acids is 1. The van der Waals surface area contributed by atoms with Gasteiger partial charge in [0.1, 0.15) is 12.1 Å². The van der Waals surface area contributed by atoms with Gasteiger partial charge < -0.3 is 0 Å². The minimum absolute atomic E-state index is 0.317. The largest absolute Gasteiger partial charge is 0.290 e. The number of nitrogens with one attached hydrogen (secondary N) is 1. The standard InChI is InChI=1S/C11H12FN5OS/c1-17-11(14-6-15-17)19-5-8-4-7(10(18)16-13)2-3-9(8)12/h2-4,6H,5,13H2,1H3,(H,16,18). The molecule has 6 nitrogen and oxygen atoms in total. The third-order valence-electron chi connectivity index (χ3n) is 2.47. The van der Waals surface area contributed by atoms with E-state index in [9.17, 15) is 9.18 Å². The summed E-state index contributed by atoms with van der Waals surface area (Å²) in [6, 6.07) is 4.10. The minimum Gasteiger partial charge on any atom is -0.290 e. The van der Waals surface area contributed by atoms with Crippen LogP contribution in [0, 0.1) is 5.82 Å². The maximum absolute atomic E-state index is 13.6. The predicted molar refractivity (Wildman–Crippen MR) is 68.6 cm³/mol. The van der Waals surface area contributed by atoms with E-state index in [1.54, 1.807) is 11.7 Å². The molecule has 1 aromatic heterocycles. The van der Waals surface area contributed by atoms with Crippen LogP contribution in [0.1, 0.15) is 15.9 Å². The zero-order valence-electron chi connectivity index (χ0n) is 10.1. The minimum atomic E-state index is -0.454. The topological polar surface area (TPSA) is 85.8 Å². The number of nitrogens with zero attached hydrogens (tertiary/aromatic N) is 3. The highest BCUT2D eigenvalue weighted by atomic mass is 32.2. The molecule has 1 heterocycles. The second-order valence-corrected chi connectivity index (χ2v) is 4.68. The number of hydrazine groups is 1.